The van der Waals surface area contributed by atoms with E-state index in [1.807, 2.05) is 6.07 Å². The lowest BCUT2D eigenvalue weighted by molar-refractivity contribution is 0.103. The van der Waals surface area contributed by atoms with E-state index < -0.39 is 16.1 Å². The molecule has 4 rings (SSSR count). The molecule has 30 heavy (non-hydrogen) atoms. The molecule has 0 spiro atoms. The van der Waals surface area contributed by atoms with Crippen LogP contribution in [0, 0.1) is 0 Å². The Kier molecular flexibility index (Phi) is 5.40. The largest absolute Gasteiger partial charge is 0.495 e. The molecule has 0 unspecified atom stereocenters. The Bertz CT molecular complexity index is 1170. The summed E-state index contributed by atoms with van der Waals surface area (Å²) in [6.07, 6.45) is 0.658. The van der Waals surface area contributed by atoms with Crippen molar-refractivity contribution >= 4 is 27.0 Å². The normalized spacial score (nSPS) is 15.4. The molecule has 0 aliphatic carbocycles. The summed E-state index contributed by atoms with van der Waals surface area (Å²) in [4.78, 5) is 14.9. The Balaban J connectivity index is 1.70. The van der Waals surface area contributed by atoms with Gasteiger partial charge in [-0.15, -0.1) is 0 Å². The van der Waals surface area contributed by atoms with Crippen LogP contribution in [0.1, 0.15) is 5.56 Å². The van der Waals surface area contributed by atoms with Crippen molar-refractivity contribution in [1.82, 2.24) is 13.8 Å². The first kappa shape index (κ1) is 20.2. The summed E-state index contributed by atoms with van der Waals surface area (Å²) < 4.78 is 33.2. The number of aromatic nitrogens is 1. The minimum absolute atomic E-state index is 0.208. The fourth-order valence-electron chi connectivity index (χ4n) is 3.81. The molecule has 2 heterocycles. The summed E-state index contributed by atoms with van der Waals surface area (Å²) >= 11 is 0. The first-order valence-corrected chi connectivity index (χ1v) is 11.0. The van der Waals surface area contributed by atoms with Crippen molar-refractivity contribution < 1.29 is 23.1 Å². The molecule has 9 heteroatoms. The van der Waals surface area contributed by atoms with Crippen molar-refractivity contribution in [2.24, 2.45) is 0 Å². The van der Waals surface area contributed by atoms with E-state index in [2.05, 4.69) is 4.90 Å². The van der Waals surface area contributed by atoms with E-state index in [9.17, 15) is 13.2 Å². The van der Waals surface area contributed by atoms with Gasteiger partial charge in [-0.3, -0.25) is 4.90 Å². The summed E-state index contributed by atoms with van der Waals surface area (Å²) in [5.74, 6) is 0.481. The number of carboxylic acid groups (broad SMARTS) is 1. The van der Waals surface area contributed by atoms with Crippen molar-refractivity contribution in [3.05, 3.63) is 60.3 Å². The number of nitrogens with zero attached hydrogens (tertiary/aromatic N) is 3. The molecule has 0 radical (unpaired) electrons. The number of fused-ring (bicyclic) bond motifs is 1. The SMILES string of the molecule is COc1ccc(CN2CCN(C(=O)O)CC2)c2ccn(S(=O)(=O)c3ccccc3)c12. The molecule has 0 atom stereocenters. The molecule has 1 aliphatic heterocycles. The highest BCUT2D eigenvalue weighted by Gasteiger charge is 2.24. The summed E-state index contributed by atoms with van der Waals surface area (Å²) in [6.45, 7) is 2.77. The Labute approximate surface area is 174 Å². The molecular formula is C21H23N3O5S. The average molecular weight is 429 g/mol. The van der Waals surface area contributed by atoms with Gasteiger partial charge >= 0.3 is 6.09 Å². The lowest BCUT2D eigenvalue weighted by Gasteiger charge is -2.33. The van der Waals surface area contributed by atoms with E-state index in [0.29, 0.717) is 44.0 Å². The lowest BCUT2D eigenvalue weighted by Crippen LogP contribution is -2.47. The first-order valence-electron chi connectivity index (χ1n) is 9.59. The molecule has 158 valence electrons. The van der Waals surface area contributed by atoms with Crippen LogP contribution in [-0.2, 0) is 16.6 Å². The maximum atomic E-state index is 13.2. The lowest BCUT2D eigenvalue weighted by atomic mass is 10.1. The molecule has 0 bridgehead atoms. The Morgan fingerprint density at radius 1 is 1.03 bits per heavy atom. The van der Waals surface area contributed by atoms with Crippen molar-refractivity contribution in [1.29, 1.82) is 0 Å². The Morgan fingerprint density at radius 3 is 2.37 bits per heavy atom. The van der Waals surface area contributed by atoms with Crippen molar-refractivity contribution in [2.75, 3.05) is 33.3 Å². The van der Waals surface area contributed by atoms with Gasteiger partial charge in [0.05, 0.1) is 12.0 Å². The topological polar surface area (TPSA) is 92.1 Å². The third-order valence-corrected chi connectivity index (χ3v) is 7.11. The highest BCUT2D eigenvalue weighted by atomic mass is 32.2. The van der Waals surface area contributed by atoms with Crippen LogP contribution in [-0.4, -0.2) is 66.7 Å². The van der Waals surface area contributed by atoms with Gasteiger partial charge in [-0.1, -0.05) is 24.3 Å². The van der Waals surface area contributed by atoms with Crippen molar-refractivity contribution in [2.45, 2.75) is 11.4 Å². The van der Waals surface area contributed by atoms with Gasteiger partial charge in [0.25, 0.3) is 10.0 Å². The first-order chi connectivity index (χ1) is 14.4. The average Bonchev–Trinajstić information content (AvgIpc) is 3.22. The predicted octanol–water partition coefficient (Wildman–Crippen LogP) is 2.68. The smallest absolute Gasteiger partial charge is 0.407 e. The molecule has 8 nitrogen and oxygen atoms in total. The maximum Gasteiger partial charge on any atom is 0.407 e. The van der Waals surface area contributed by atoms with E-state index in [0.717, 1.165) is 10.9 Å². The van der Waals surface area contributed by atoms with Crippen molar-refractivity contribution in [3.63, 3.8) is 0 Å². The molecule has 1 saturated heterocycles. The zero-order valence-electron chi connectivity index (χ0n) is 16.6. The van der Waals surface area contributed by atoms with Crippen LogP contribution in [0.15, 0.2) is 59.6 Å². The quantitative estimate of drug-likeness (QED) is 0.671. The van der Waals surface area contributed by atoms with Crippen LogP contribution in [0.25, 0.3) is 10.9 Å². The van der Waals surface area contributed by atoms with Gasteiger partial charge in [-0.2, -0.15) is 0 Å². The number of hydrogen-bond donors (Lipinski definition) is 1. The third-order valence-electron chi connectivity index (χ3n) is 5.42. The third kappa shape index (κ3) is 3.61. The zero-order chi connectivity index (χ0) is 21.3. The number of amides is 1. The van der Waals surface area contributed by atoms with Crippen molar-refractivity contribution in [3.8, 4) is 5.75 Å². The summed E-state index contributed by atoms with van der Waals surface area (Å²) in [6, 6.07) is 13.8. The molecule has 1 aliphatic rings. The zero-order valence-corrected chi connectivity index (χ0v) is 17.4. The van der Waals surface area contributed by atoms with Gasteiger partial charge in [-0.05, 0) is 29.8 Å². The van der Waals surface area contributed by atoms with Crippen LogP contribution in [0.5, 0.6) is 5.75 Å². The van der Waals surface area contributed by atoms with Gasteiger partial charge in [0.2, 0.25) is 0 Å². The van der Waals surface area contributed by atoms with Crippen LogP contribution >= 0.6 is 0 Å². The van der Waals surface area contributed by atoms with Crippen LogP contribution in [0.3, 0.4) is 0 Å². The van der Waals surface area contributed by atoms with E-state index in [1.165, 1.54) is 16.0 Å². The summed E-state index contributed by atoms with van der Waals surface area (Å²) in [5, 5.41) is 9.92. The second-order valence-electron chi connectivity index (χ2n) is 7.16. The number of carbonyl (C=O) groups is 1. The van der Waals surface area contributed by atoms with Gasteiger partial charge in [0.1, 0.15) is 11.3 Å². The minimum Gasteiger partial charge on any atom is -0.495 e. The predicted molar refractivity (Wildman–Crippen MR) is 112 cm³/mol. The van der Waals surface area contributed by atoms with Gasteiger partial charge in [-0.25, -0.2) is 17.2 Å². The summed E-state index contributed by atoms with van der Waals surface area (Å²) in [7, 11) is -2.25. The number of methoxy groups -OCH3 is 1. The van der Waals surface area contributed by atoms with Crippen LogP contribution in [0.2, 0.25) is 0 Å². The monoisotopic (exact) mass is 429 g/mol. The number of benzene rings is 2. The Morgan fingerprint density at radius 2 is 1.73 bits per heavy atom. The molecule has 1 aromatic heterocycles. The number of piperazine rings is 1. The second kappa shape index (κ2) is 8.00. The fraction of sp³-hybridized carbons (Fsp3) is 0.286. The van der Waals surface area contributed by atoms with E-state index in [4.69, 9.17) is 9.84 Å². The molecule has 0 saturated carbocycles. The highest BCUT2D eigenvalue weighted by molar-refractivity contribution is 7.90. The van der Waals surface area contributed by atoms with E-state index in [1.54, 1.807) is 48.7 Å². The van der Waals surface area contributed by atoms with Crippen LogP contribution in [0.4, 0.5) is 4.79 Å². The minimum atomic E-state index is -3.77. The highest BCUT2D eigenvalue weighted by Crippen LogP contribution is 2.33. The number of rotatable bonds is 5. The van der Waals surface area contributed by atoms with Crippen LogP contribution < -0.4 is 4.74 Å². The second-order valence-corrected chi connectivity index (χ2v) is 8.98. The number of hydrogen-bond acceptors (Lipinski definition) is 5. The molecule has 2 aromatic carbocycles. The van der Waals surface area contributed by atoms with Gasteiger partial charge in [0.15, 0.2) is 0 Å². The summed E-state index contributed by atoms with van der Waals surface area (Å²) in [5.41, 5.74) is 1.47. The molecule has 1 N–H and O–H groups in total. The van der Waals surface area contributed by atoms with E-state index in [-0.39, 0.29) is 4.90 Å². The van der Waals surface area contributed by atoms with Gasteiger partial charge < -0.3 is 14.7 Å². The van der Waals surface area contributed by atoms with Gasteiger partial charge in [0, 0.05) is 44.3 Å². The standard InChI is InChI=1S/C21H23N3O5S/c1-29-19-8-7-16(15-22-11-13-23(14-12-22)21(25)26)18-9-10-24(20(18)19)30(27,28)17-5-3-2-4-6-17/h2-10H,11-15H2,1H3,(H,25,26). The molecule has 3 aromatic rings. The fourth-order valence-corrected chi connectivity index (χ4v) is 5.18. The van der Waals surface area contributed by atoms with E-state index >= 15 is 0 Å². The molecule has 1 amide bonds. The molecular weight excluding hydrogens is 406 g/mol. The molecule has 1 fully saturated rings. The Hall–Kier alpha value is -3.04. The maximum absolute atomic E-state index is 13.2. The number of ether oxygens (including phenoxy) is 1.